The third-order valence-electron chi connectivity index (χ3n) is 2.44. The fraction of sp³-hybridized carbons (Fsp3) is 0.500. The van der Waals surface area contributed by atoms with E-state index in [1.807, 2.05) is 32.0 Å². The number of hydrogen-bond donors (Lipinski definition) is 0. The van der Waals surface area contributed by atoms with Gasteiger partial charge in [0.2, 0.25) is 0 Å². The first-order valence-electron chi connectivity index (χ1n) is 5.99. The number of unbranched alkanes of at least 4 members (excludes halogenated alkanes) is 1. The Morgan fingerprint density at radius 1 is 1.29 bits per heavy atom. The summed E-state index contributed by atoms with van der Waals surface area (Å²) in [4.78, 5) is 11.3. The highest BCUT2D eigenvalue weighted by Gasteiger charge is 2.05. The Kier molecular flexibility index (Phi) is 5.53. The molecule has 1 aromatic carbocycles. The number of benzene rings is 1. The van der Waals surface area contributed by atoms with Crippen molar-refractivity contribution in [2.75, 3.05) is 13.2 Å². The molecule has 0 atom stereocenters. The van der Waals surface area contributed by atoms with E-state index in [1.165, 1.54) is 5.56 Å². The highest BCUT2D eigenvalue weighted by Crippen LogP contribution is 2.18. The molecular weight excluding hydrogens is 216 g/mol. The van der Waals surface area contributed by atoms with Gasteiger partial charge in [0.05, 0.1) is 6.61 Å². The molecule has 0 fully saturated rings. The fourth-order valence-electron chi connectivity index (χ4n) is 1.47. The van der Waals surface area contributed by atoms with Crippen LogP contribution in [0.25, 0.3) is 0 Å². The Morgan fingerprint density at radius 3 is 2.71 bits per heavy atom. The third kappa shape index (κ3) is 4.89. The van der Waals surface area contributed by atoms with Gasteiger partial charge in [-0.3, -0.25) is 0 Å². The second kappa shape index (κ2) is 6.94. The first-order chi connectivity index (χ1) is 8.13. The molecule has 0 saturated heterocycles. The zero-order valence-corrected chi connectivity index (χ0v) is 10.8. The van der Waals surface area contributed by atoms with E-state index >= 15 is 0 Å². The lowest BCUT2D eigenvalue weighted by molar-refractivity contribution is -0.146. The number of esters is 1. The third-order valence-corrected chi connectivity index (χ3v) is 2.44. The molecule has 0 aliphatic rings. The topological polar surface area (TPSA) is 35.5 Å². The molecule has 1 rings (SSSR count). The zero-order valence-electron chi connectivity index (χ0n) is 10.8. The molecule has 0 radical (unpaired) electrons. The second-order valence-corrected chi connectivity index (χ2v) is 4.13. The predicted molar refractivity (Wildman–Crippen MR) is 67.3 cm³/mol. The van der Waals surface area contributed by atoms with Crippen molar-refractivity contribution in [2.45, 2.75) is 33.6 Å². The smallest absolute Gasteiger partial charge is 0.344 e. The van der Waals surface area contributed by atoms with Crippen molar-refractivity contribution in [3.63, 3.8) is 0 Å². The number of hydrogen-bond acceptors (Lipinski definition) is 3. The Bertz CT molecular complexity index is 372. The van der Waals surface area contributed by atoms with E-state index in [1.54, 1.807) is 0 Å². The van der Waals surface area contributed by atoms with Crippen molar-refractivity contribution in [3.05, 3.63) is 29.3 Å². The van der Waals surface area contributed by atoms with E-state index < -0.39 is 0 Å². The maximum atomic E-state index is 11.3. The van der Waals surface area contributed by atoms with Crippen molar-refractivity contribution in [2.24, 2.45) is 0 Å². The maximum absolute atomic E-state index is 11.3. The molecule has 0 aliphatic heterocycles. The van der Waals surface area contributed by atoms with Crippen molar-refractivity contribution in [1.82, 2.24) is 0 Å². The van der Waals surface area contributed by atoms with E-state index in [4.69, 9.17) is 9.47 Å². The Hall–Kier alpha value is -1.51. The van der Waals surface area contributed by atoms with E-state index in [2.05, 4.69) is 6.92 Å². The molecule has 94 valence electrons. The van der Waals surface area contributed by atoms with E-state index in [-0.39, 0.29) is 12.6 Å². The monoisotopic (exact) mass is 236 g/mol. The van der Waals surface area contributed by atoms with Crippen molar-refractivity contribution in [1.29, 1.82) is 0 Å². The van der Waals surface area contributed by atoms with Crippen LogP contribution in [0.3, 0.4) is 0 Å². The summed E-state index contributed by atoms with van der Waals surface area (Å²) in [6.07, 6.45) is 1.92. The Morgan fingerprint density at radius 2 is 2.06 bits per heavy atom. The summed E-state index contributed by atoms with van der Waals surface area (Å²) >= 11 is 0. The molecule has 0 unspecified atom stereocenters. The van der Waals surface area contributed by atoms with Crippen LogP contribution in [-0.2, 0) is 9.53 Å². The Labute approximate surface area is 103 Å². The van der Waals surface area contributed by atoms with Crippen molar-refractivity contribution < 1.29 is 14.3 Å². The molecule has 0 aliphatic carbocycles. The van der Waals surface area contributed by atoms with Crippen molar-refractivity contribution in [3.8, 4) is 5.75 Å². The minimum Gasteiger partial charge on any atom is -0.482 e. The quantitative estimate of drug-likeness (QED) is 0.562. The molecule has 0 heterocycles. The van der Waals surface area contributed by atoms with Gasteiger partial charge in [0, 0.05) is 0 Å². The van der Waals surface area contributed by atoms with E-state index in [0.717, 1.165) is 24.2 Å². The lowest BCUT2D eigenvalue weighted by atomic mass is 10.1. The van der Waals surface area contributed by atoms with Crippen LogP contribution in [0.1, 0.15) is 30.9 Å². The largest absolute Gasteiger partial charge is 0.482 e. The number of carbonyl (C=O) groups excluding carboxylic acids is 1. The first kappa shape index (κ1) is 13.6. The van der Waals surface area contributed by atoms with Crippen LogP contribution in [0, 0.1) is 13.8 Å². The molecular formula is C14H20O3. The minimum atomic E-state index is -0.307. The average molecular weight is 236 g/mol. The summed E-state index contributed by atoms with van der Waals surface area (Å²) < 4.78 is 10.4. The van der Waals surface area contributed by atoms with Crippen LogP contribution < -0.4 is 4.74 Å². The van der Waals surface area contributed by atoms with Gasteiger partial charge in [0.15, 0.2) is 6.61 Å². The molecule has 0 spiro atoms. The molecule has 3 heteroatoms. The van der Waals surface area contributed by atoms with Crippen molar-refractivity contribution >= 4 is 5.97 Å². The molecule has 17 heavy (non-hydrogen) atoms. The lowest BCUT2D eigenvalue weighted by Crippen LogP contribution is -2.15. The van der Waals surface area contributed by atoms with Gasteiger partial charge >= 0.3 is 5.97 Å². The average Bonchev–Trinajstić information content (AvgIpc) is 2.28. The summed E-state index contributed by atoms with van der Waals surface area (Å²) in [7, 11) is 0. The lowest BCUT2D eigenvalue weighted by Gasteiger charge is -2.09. The Balaban J connectivity index is 2.37. The molecule has 3 nitrogen and oxygen atoms in total. The number of rotatable bonds is 6. The fourth-order valence-corrected chi connectivity index (χ4v) is 1.47. The van der Waals surface area contributed by atoms with Gasteiger partial charge in [0.1, 0.15) is 5.75 Å². The van der Waals surface area contributed by atoms with Crippen LogP contribution in [-0.4, -0.2) is 19.2 Å². The standard InChI is InChI=1S/C14H20O3/c1-4-5-8-16-14(15)10-17-13-7-6-11(2)9-12(13)3/h6-7,9H,4-5,8,10H2,1-3H3. The molecule has 0 saturated carbocycles. The van der Waals surface area contributed by atoms with Crippen LogP contribution in [0.4, 0.5) is 0 Å². The normalized spacial score (nSPS) is 10.1. The van der Waals surface area contributed by atoms with Gasteiger partial charge < -0.3 is 9.47 Å². The number of carbonyl (C=O) groups is 1. The van der Waals surface area contributed by atoms with Gasteiger partial charge in [-0.1, -0.05) is 31.0 Å². The molecule has 0 bridgehead atoms. The van der Waals surface area contributed by atoms with Crippen LogP contribution >= 0.6 is 0 Å². The van der Waals surface area contributed by atoms with Crippen LogP contribution in [0.15, 0.2) is 18.2 Å². The maximum Gasteiger partial charge on any atom is 0.344 e. The summed E-state index contributed by atoms with van der Waals surface area (Å²) in [6, 6.07) is 5.87. The number of aryl methyl sites for hydroxylation is 2. The van der Waals surface area contributed by atoms with E-state index in [0.29, 0.717) is 6.61 Å². The van der Waals surface area contributed by atoms with Crippen LogP contribution in [0.2, 0.25) is 0 Å². The van der Waals surface area contributed by atoms with Gasteiger partial charge in [-0.25, -0.2) is 4.79 Å². The molecule has 0 N–H and O–H groups in total. The highest BCUT2D eigenvalue weighted by molar-refractivity contribution is 5.71. The predicted octanol–water partition coefficient (Wildman–Crippen LogP) is 3.03. The first-order valence-corrected chi connectivity index (χ1v) is 5.99. The summed E-state index contributed by atoms with van der Waals surface area (Å²) in [5.74, 6) is 0.432. The van der Waals surface area contributed by atoms with Gasteiger partial charge in [-0.15, -0.1) is 0 Å². The summed E-state index contributed by atoms with van der Waals surface area (Å²) in [6.45, 7) is 6.50. The molecule has 1 aromatic rings. The zero-order chi connectivity index (χ0) is 12.7. The molecule has 0 amide bonds. The molecule has 0 aromatic heterocycles. The van der Waals surface area contributed by atoms with Gasteiger partial charge in [0.25, 0.3) is 0 Å². The highest BCUT2D eigenvalue weighted by atomic mass is 16.6. The summed E-state index contributed by atoms with van der Waals surface area (Å²) in [5, 5.41) is 0. The SMILES string of the molecule is CCCCOC(=O)COc1ccc(C)cc1C. The van der Waals surface area contributed by atoms with Crippen LogP contribution in [0.5, 0.6) is 5.75 Å². The minimum absolute atomic E-state index is 0.0202. The van der Waals surface area contributed by atoms with E-state index in [9.17, 15) is 4.79 Å². The second-order valence-electron chi connectivity index (χ2n) is 4.13. The summed E-state index contributed by atoms with van der Waals surface area (Å²) in [5.41, 5.74) is 2.21. The van der Waals surface area contributed by atoms with Gasteiger partial charge in [-0.2, -0.15) is 0 Å². The van der Waals surface area contributed by atoms with Gasteiger partial charge in [-0.05, 0) is 31.9 Å². The number of ether oxygens (including phenoxy) is 2.